The van der Waals surface area contributed by atoms with E-state index in [1.165, 1.54) is 0 Å². The Morgan fingerprint density at radius 1 is 1.27 bits per heavy atom. The quantitative estimate of drug-likeness (QED) is 0.416. The number of aryl methyl sites for hydroxylation is 1. The fourth-order valence-corrected chi connectivity index (χ4v) is 1.85. The monoisotopic (exact) mass is 311 g/mol. The molecular formula is C16H26FN3O2. The van der Waals surface area contributed by atoms with Crippen LogP contribution in [0.4, 0.5) is 4.39 Å². The van der Waals surface area contributed by atoms with Gasteiger partial charge in [0.15, 0.2) is 5.96 Å². The van der Waals surface area contributed by atoms with Crippen molar-refractivity contribution >= 4 is 5.96 Å². The lowest BCUT2D eigenvalue weighted by Crippen LogP contribution is -2.37. The predicted molar refractivity (Wildman–Crippen MR) is 87.3 cm³/mol. The highest BCUT2D eigenvalue weighted by atomic mass is 19.1. The number of aliphatic imine (C=N–C) groups is 1. The van der Waals surface area contributed by atoms with E-state index in [9.17, 15) is 4.39 Å². The van der Waals surface area contributed by atoms with E-state index >= 15 is 0 Å². The molecule has 0 radical (unpaired) electrons. The van der Waals surface area contributed by atoms with Crippen molar-refractivity contribution in [3.8, 4) is 5.75 Å². The van der Waals surface area contributed by atoms with Crippen molar-refractivity contribution in [3.63, 3.8) is 0 Å². The second kappa shape index (κ2) is 10.8. The summed E-state index contributed by atoms with van der Waals surface area (Å²) in [6, 6.07) is 6.07. The molecule has 0 aliphatic heterocycles. The van der Waals surface area contributed by atoms with E-state index < -0.39 is 0 Å². The summed E-state index contributed by atoms with van der Waals surface area (Å²) in [6.07, 6.45) is 0.469. The van der Waals surface area contributed by atoms with E-state index in [1.54, 1.807) is 14.2 Å². The van der Waals surface area contributed by atoms with Gasteiger partial charge in [0.1, 0.15) is 12.4 Å². The Morgan fingerprint density at radius 3 is 2.77 bits per heavy atom. The molecule has 5 nitrogen and oxygen atoms in total. The highest BCUT2D eigenvalue weighted by molar-refractivity contribution is 5.79. The molecule has 1 rings (SSSR count). The van der Waals surface area contributed by atoms with Crippen molar-refractivity contribution < 1.29 is 13.9 Å². The zero-order valence-corrected chi connectivity index (χ0v) is 13.6. The molecule has 124 valence electrons. The number of guanidine groups is 1. The molecule has 22 heavy (non-hydrogen) atoms. The van der Waals surface area contributed by atoms with Gasteiger partial charge in [-0.05, 0) is 25.0 Å². The second-order valence-corrected chi connectivity index (χ2v) is 4.85. The number of halogens is 1. The molecule has 0 atom stereocenters. The van der Waals surface area contributed by atoms with Crippen LogP contribution >= 0.6 is 0 Å². The fourth-order valence-electron chi connectivity index (χ4n) is 1.85. The molecule has 0 unspecified atom stereocenters. The van der Waals surface area contributed by atoms with Crippen molar-refractivity contribution in [2.24, 2.45) is 4.99 Å². The number of rotatable bonds is 9. The molecule has 0 amide bonds. The first-order valence-electron chi connectivity index (χ1n) is 7.43. The molecule has 0 aliphatic rings. The Bertz CT molecular complexity index is 467. The molecule has 1 aromatic rings. The summed E-state index contributed by atoms with van der Waals surface area (Å²) in [4.78, 5) is 4.11. The number of benzene rings is 1. The molecular weight excluding hydrogens is 285 g/mol. The molecule has 0 saturated carbocycles. The summed E-state index contributed by atoms with van der Waals surface area (Å²) in [5.74, 6) is 1.49. The van der Waals surface area contributed by atoms with E-state index in [-0.39, 0.29) is 6.67 Å². The summed E-state index contributed by atoms with van der Waals surface area (Å²) in [7, 11) is 3.34. The van der Waals surface area contributed by atoms with Crippen molar-refractivity contribution in [3.05, 3.63) is 29.3 Å². The van der Waals surface area contributed by atoms with E-state index in [4.69, 9.17) is 9.47 Å². The van der Waals surface area contributed by atoms with Crippen LogP contribution in [-0.4, -0.2) is 46.6 Å². The van der Waals surface area contributed by atoms with Crippen LogP contribution in [0.1, 0.15) is 17.5 Å². The molecule has 0 bridgehead atoms. The SMILES string of the molecule is CN=C(NCCCF)NCc1ccc(C)cc1OCCOC. The first kappa shape index (κ1) is 18.2. The fraction of sp³-hybridized carbons (Fsp3) is 0.562. The average molecular weight is 311 g/mol. The van der Waals surface area contributed by atoms with Gasteiger partial charge in [-0.2, -0.15) is 0 Å². The van der Waals surface area contributed by atoms with Gasteiger partial charge < -0.3 is 20.1 Å². The van der Waals surface area contributed by atoms with E-state index in [0.717, 1.165) is 16.9 Å². The predicted octanol–water partition coefficient (Wildman–Crippen LogP) is 2.04. The van der Waals surface area contributed by atoms with Crippen molar-refractivity contribution in [1.29, 1.82) is 0 Å². The van der Waals surface area contributed by atoms with E-state index in [0.29, 0.717) is 38.7 Å². The van der Waals surface area contributed by atoms with Crippen LogP contribution in [-0.2, 0) is 11.3 Å². The summed E-state index contributed by atoms with van der Waals surface area (Å²) in [6.45, 7) is 3.89. The molecule has 6 heteroatoms. The van der Waals surface area contributed by atoms with Crippen LogP contribution in [0.3, 0.4) is 0 Å². The van der Waals surface area contributed by atoms with Gasteiger partial charge in [0.05, 0.1) is 13.3 Å². The van der Waals surface area contributed by atoms with Crippen LogP contribution in [0.15, 0.2) is 23.2 Å². The summed E-state index contributed by atoms with van der Waals surface area (Å²) < 4.78 is 22.9. The molecule has 0 heterocycles. The zero-order chi connectivity index (χ0) is 16.2. The van der Waals surface area contributed by atoms with Crippen LogP contribution in [0, 0.1) is 6.92 Å². The van der Waals surface area contributed by atoms with Crippen LogP contribution in [0.25, 0.3) is 0 Å². The smallest absolute Gasteiger partial charge is 0.191 e. The Hall–Kier alpha value is -1.82. The van der Waals surface area contributed by atoms with Gasteiger partial charge in [0.2, 0.25) is 0 Å². The third-order valence-electron chi connectivity index (χ3n) is 3.04. The first-order valence-corrected chi connectivity index (χ1v) is 7.43. The van der Waals surface area contributed by atoms with Crippen LogP contribution in [0.2, 0.25) is 0 Å². The third-order valence-corrected chi connectivity index (χ3v) is 3.04. The number of ether oxygens (including phenoxy) is 2. The summed E-state index contributed by atoms with van der Waals surface area (Å²) in [5, 5.41) is 6.26. The van der Waals surface area contributed by atoms with Crippen molar-refractivity contribution in [2.75, 3.05) is 40.6 Å². The topological polar surface area (TPSA) is 54.9 Å². The highest BCUT2D eigenvalue weighted by Crippen LogP contribution is 2.20. The highest BCUT2D eigenvalue weighted by Gasteiger charge is 2.06. The third kappa shape index (κ3) is 6.76. The van der Waals surface area contributed by atoms with Gasteiger partial charge in [0.25, 0.3) is 0 Å². The minimum absolute atomic E-state index is 0.334. The number of methoxy groups -OCH3 is 1. The lowest BCUT2D eigenvalue weighted by Gasteiger charge is -2.15. The van der Waals surface area contributed by atoms with Gasteiger partial charge in [-0.15, -0.1) is 0 Å². The second-order valence-electron chi connectivity index (χ2n) is 4.85. The maximum Gasteiger partial charge on any atom is 0.191 e. The van der Waals surface area contributed by atoms with Gasteiger partial charge in [0, 0.05) is 32.8 Å². The summed E-state index contributed by atoms with van der Waals surface area (Å²) >= 11 is 0. The van der Waals surface area contributed by atoms with Crippen molar-refractivity contribution in [1.82, 2.24) is 10.6 Å². The average Bonchev–Trinajstić information content (AvgIpc) is 2.52. The molecule has 0 spiro atoms. The Balaban J connectivity index is 2.59. The number of nitrogens with one attached hydrogen (secondary N) is 2. The van der Waals surface area contributed by atoms with Crippen LogP contribution < -0.4 is 15.4 Å². The number of nitrogens with zero attached hydrogens (tertiary/aromatic N) is 1. The summed E-state index contributed by atoms with van der Waals surface area (Å²) in [5.41, 5.74) is 2.18. The van der Waals surface area contributed by atoms with Gasteiger partial charge >= 0.3 is 0 Å². The van der Waals surface area contributed by atoms with E-state index in [2.05, 4.69) is 15.6 Å². The largest absolute Gasteiger partial charge is 0.491 e. The lowest BCUT2D eigenvalue weighted by atomic mass is 10.1. The molecule has 2 N–H and O–H groups in total. The molecule has 1 aromatic carbocycles. The van der Waals surface area contributed by atoms with Gasteiger partial charge in [-0.25, -0.2) is 0 Å². The molecule has 0 fully saturated rings. The Morgan fingerprint density at radius 2 is 2.09 bits per heavy atom. The minimum Gasteiger partial charge on any atom is -0.491 e. The molecule has 0 aromatic heterocycles. The number of hydrogen-bond donors (Lipinski definition) is 2. The Kier molecular flexibility index (Phi) is 8.98. The normalized spacial score (nSPS) is 11.4. The standard InChI is InChI=1S/C16H26FN3O2/c1-13-5-6-14(15(11-13)22-10-9-21-3)12-20-16(18-2)19-8-4-7-17/h5-6,11H,4,7-10,12H2,1-3H3,(H2,18,19,20). The lowest BCUT2D eigenvalue weighted by molar-refractivity contribution is 0.145. The maximum absolute atomic E-state index is 12.1. The minimum atomic E-state index is -0.334. The molecule has 0 aliphatic carbocycles. The van der Waals surface area contributed by atoms with Crippen molar-refractivity contribution in [2.45, 2.75) is 19.9 Å². The maximum atomic E-state index is 12.1. The molecule has 0 saturated heterocycles. The van der Waals surface area contributed by atoms with Gasteiger partial charge in [-0.3, -0.25) is 9.38 Å². The number of hydrogen-bond acceptors (Lipinski definition) is 3. The first-order chi connectivity index (χ1) is 10.7. The van der Waals surface area contributed by atoms with Gasteiger partial charge in [-0.1, -0.05) is 12.1 Å². The zero-order valence-electron chi connectivity index (χ0n) is 13.6. The van der Waals surface area contributed by atoms with Crippen LogP contribution in [0.5, 0.6) is 5.75 Å². The Labute approximate surface area is 131 Å². The van der Waals surface area contributed by atoms with E-state index in [1.807, 2.05) is 25.1 Å². The number of alkyl halides is 1.